The molecule has 1 aliphatic rings. The second-order valence-corrected chi connectivity index (χ2v) is 5.29. The second-order valence-electron chi connectivity index (χ2n) is 5.29. The van der Waals surface area contributed by atoms with Gasteiger partial charge in [0.2, 0.25) is 0 Å². The fourth-order valence-corrected chi connectivity index (χ4v) is 2.35. The first-order valence-electron chi connectivity index (χ1n) is 6.64. The van der Waals surface area contributed by atoms with Gasteiger partial charge in [-0.25, -0.2) is 4.79 Å². The van der Waals surface area contributed by atoms with Gasteiger partial charge in [0.25, 0.3) is 5.69 Å². The average molecular weight is 294 g/mol. The zero-order valence-electron chi connectivity index (χ0n) is 12.2. The van der Waals surface area contributed by atoms with Gasteiger partial charge in [0.1, 0.15) is 5.69 Å². The fourth-order valence-electron chi connectivity index (χ4n) is 2.35. The summed E-state index contributed by atoms with van der Waals surface area (Å²) in [7, 11) is 1.27. The Labute approximate surface area is 122 Å². The number of hydrogen-bond acceptors (Lipinski definition) is 6. The SMILES string of the molecule is COC(=O)c1ccc([N+](=O)[O-])c(NC2(C)CCOC2C)c1. The number of nitrogens with zero attached hydrogens (tertiary/aromatic N) is 1. The number of carbonyl (C=O) groups is 1. The number of rotatable bonds is 4. The number of methoxy groups -OCH3 is 1. The first kappa shape index (κ1) is 15.2. The Balaban J connectivity index is 2.39. The van der Waals surface area contributed by atoms with Crippen molar-refractivity contribution >= 4 is 17.3 Å². The maximum Gasteiger partial charge on any atom is 0.337 e. The first-order valence-corrected chi connectivity index (χ1v) is 6.64. The van der Waals surface area contributed by atoms with Crippen LogP contribution in [-0.4, -0.2) is 36.3 Å². The Hall–Kier alpha value is -2.15. The fraction of sp³-hybridized carbons (Fsp3) is 0.500. The van der Waals surface area contributed by atoms with E-state index in [1.165, 1.54) is 25.3 Å². The lowest BCUT2D eigenvalue weighted by Crippen LogP contribution is -2.41. The Morgan fingerprint density at radius 2 is 2.29 bits per heavy atom. The molecule has 1 aromatic carbocycles. The molecule has 1 aliphatic heterocycles. The van der Waals surface area contributed by atoms with Crippen LogP contribution in [0.4, 0.5) is 11.4 Å². The van der Waals surface area contributed by atoms with E-state index < -0.39 is 16.4 Å². The molecule has 0 aromatic heterocycles. The van der Waals surface area contributed by atoms with Crippen molar-refractivity contribution in [2.75, 3.05) is 19.0 Å². The molecule has 0 saturated carbocycles. The Morgan fingerprint density at radius 3 is 2.81 bits per heavy atom. The smallest absolute Gasteiger partial charge is 0.337 e. The van der Waals surface area contributed by atoms with Crippen LogP contribution >= 0.6 is 0 Å². The van der Waals surface area contributed by atoms with Gasteiger partial charge in [-0.1, -0.05) is 0 Å². The summed E-state index contributed by atoms with van der Waals surface area (Å²) in [6.07, 6.45) is 0.646. The minimum absolute atomic E-state index is 0.0806. The van der Waals surface area contributed by atoms with Crippen molar-refractivity contribution in [2.45, 2.75) is 31.9 Å². The van der Waals surface area contributed by atoms with E-state index in [-0.39, 0.29) is 17.4 Å². The maximum atomic E-state index is 11.6. The summed E-state index contributed by atoms with van der Waals surface area (Å²) in [6.45, 7) is 4.45. The highest BCUT2D eigenvalue weighted by Crippen LogP contribution is 2.34. The van der Waals surface area contributed by atoms with Gasteiger partial charge in [0.05, 0.1) is 29.2 Å². The van der Waals surface area contributed by atoms with Gasteiger partial charge < -0.3 is 14.8 Å². The molecule has 2 rings (SSSR count). The summed E-state index contributed by atoms with van der Waals surface area (Å²) < 4.78 is 10.2. The van der Waals surface area contributed by atoms with Crippen LogP contribution < -0.4 is 5.32 Å². The van der Waals surface area contributed by atoms with Crippen molar-refractivity contribution < 1.29 is 19.2 Å². The monoisotopic (exact) mass is 294 g/mol. The molecule has 1 fully saturated rings. The molecule has 1 aromatic rings. The normalized spacial score (nSPS) is 24.6. The Morgan fingerprint density at radius 1 is 1.57 bits per heavy atom. The highest BCUT2D eigenvalue weighted by molar-refractivity contribution is 5.91. The quantitative estimate of drug-likeness (QED) is 0.521. The molecule has 7 heteroatoms. The molecule has 1 heterocycles. The van der Waals surface area contributed by atoms with E-state index in [0.29, 0.717) is 12.3 Å². The van der Waals surface area contributed by atoms with Gasteiger partial charge in [0, 0.05) is 12.7 Å². The summed E-state index contributed by atoms with van der Waals surface area (Å²) in [6, 6.07) is 4.13. The topological polar surface area (TPSA) is 90.7 Å². The molecule has 0 aliphatic carbocycles. The highest BCUT2D eigenvalue weighted by atomic mass is 16.6. The molecule has 1 saturated heterocycles. The number of carbonyl (C=O) groups excluding carboxylic acids is 1. The Bertz CT molecular complexity index is 574. The Kier molecular flexibility index (Phi) is 4.13. The van der Waals surface area contributed by atoms with E-state index in [2.05, 4.69) is 10.1 Å². The third-order valence-electron chi connectivity index (χ3n) is 3.92. The molecule has 21 heavy (non-hydrogen) atoms. The van der Waals surface area contributed by atoms with E-state index in [1.54, 1.807) is 0 Å². The van der Waals surface area contributed by atoms with E-state index in [9.17, 15) is 14.9 Å². The number of benzene rings is 1. The van der Waals surface area contributed by atoms with Crippen LogP contribution in [0.3, 0.4) is 0 Å². The number of anilines is 1. The van der Waals surface area contributed by atoms with E-state index in [0.717, 1.165) is 6.42 Å². The summed E-state index contributed by atoms with van der Waals surface area (Å²) in [5.41, 5.74) is 0.0611. The molecular formula is C14H18N2O5. The largest absolute Gasteiger partial charge is 0.465 e. The van der Waals surface area contributed by atoms with Gasteiger partial charge in [-0.05, 0) is 32.4 Å². The lowest BCUT2D eigenvalue weighted by atomic mass is 9.94. The van der Waals surface area contributed by atoms with Gasteiger partial charge in [0.15, 0.2) is 0 Å². The van der Waals surface area contributed by atoms with Crippen LogP contribution in [0.5, 0.6) is 0 Å². The zero-order chi connectivity index (χ0) is 15.6. The second kappa shape index (κ2) is 5.69. The molecule has 2 atom stereocenters. The summed E-state index contributed by atoms with van der Waals surface area (Å²) in [5.74, 6) is -0.533. The molecule has 1 N–H and O–H groups in total. The van der Waals surface area contributed by atoms with Crippen molar-refractivity contribution in [1.29, 1.82) is 0 Å². The molecule has 7 nitrogen and oxygen atoms in total. The molecule has 114 valence electrons. The van der Waals surface area contributed by atoms with E-state index in [4.69, 9.17) is 4.74 Å². The van der Waals surface area contributed by atoms with Crippen LogP contribution in [0.2, 0.25) is 0 Å². The molecule has 0 amide bonds. The number of ether oxygens (including phenoxy) is 2. The minimum Gasteiger partial charge on any atom is -0.465 e. The van der Waals surface area contributed by atoms with Gasteiger partial charge in [-0.2, -0.15) is 0 Å². The van der Waals surface area contributed by atoms with Crippen molar-refractivity contribution in [2.24, 2.45) is 0 Å². The maximum absolute atomic E-state index is 11.6. The lowest BCUT2D eigenvalue weighted by molar-refractivity contribution is -0.384. The number of hydrogen-bond donors (Lipinski definition) is 1. The third kappa shape index (κ3) is 2.97. The van der Waals surface area contributed by atoms with Crippen LogP contribution in [-0.2, 0) is 9.47 Å². The molecule has 2 unspecified atom stereocenters. The molecule has 0 radical (unpaired) electrons. The predicted molar refractivity (Wildman–Crippen MR) is 76.5 cm³/mol. The van der Waals surface area contributed by atoms with Crippen LogP contribution in [0.1, 0.15) is 30.6 Å². The van der Waals surface area contributed by atoms with E-state index >= 15 is 0 Å². The van der Waals surface area contributed by atoms with Crippen molar-refractivity contribution in [1.82, 2.24) is 0 Å². The summed E-state index contributed by atoms with van der Waals surface area (Å²) in [5, 5.41) is 14.3. The lowest BCUT2D eigenvalue weighted by Gasteiger charge is -2.30. The molecule has 0 bridgehead atoms. The number of nitrogens with one attached hydrogen (secondary N) is 1. The first-order chi connectivity index (χ1) is 9.87. The molecular weight excluding hydrogens is 276 g/mol. The van der Waals surface area contributed by atoms with Crippen LogP contribution in [0, 0.1) is 10.1 Å². The third-order valence-corrected chi connectivity index (χ3v) is 3.92. The summed E-state index contributed by atoms with van der Waals surface area (Å²) >= 11 is 0. The van der Waals surface area contributed by atoms with Crippen molar-refractivity contribution in [3.8, 4) is 0 Å². The van der Waals surface area contributed by atoms with Gasteiger partial charge in [-0.3, -0.25) is 10.1 Å². The van der Waals surface area contributed by atoms with Crippen molar-refractivity contribution in [3.63, 3.8) is 0 Å². The summed E-state index contributed by atoms with van der Waals surface area (Å²) in [4.78, 5) is 22.3. The van der Waals surface area contributed by atoms with Crippen LogP contribution in [0.25, 0.3) is 0 Å². The standard InChI is InChI=1S/C14H18N2O5/c1-9-14(2,6-7-21-9)15-11-8-10(13(17)20-3)4-5-12(11)16(18)19/h4-5,8-9,15H,6-7H2,1-3H3. The zero-order valence-corrected chi connectivity index (χ0v) is 12.2. The average Bonchev–Trinajstić information content (AvgIpc) is 2.77. The van der Waals surface area contributed by atoms with Crippen LogP contribution in [0.15, 0.2) is 18.2 Å². The number of nitro groups is 1. The van der Waals surface area contributed by atoms with E-state index in [1.807, 2.05) is 13.8 Å². The van der Waals surface area contributed by atoms with Gasteiger partial charge in [-0.15, -0.1) is 0 Å². The minimum atomic E-state index is -0.533. The highest BCUT2D eigenvalue weighted by Gasteiger charge is 2.38. The predicted octanol–water partition coefficient (Wildman–Crippen LogP) is 2.36. The number of esters is 1. The number of nitro benzene ring substituents is 1. The van der Waals surface area contributed by atoms with Gasteiger partial charge >= 0.3 is 5.97 Å². The van der Waals surface area contributed by atoms with Crippen molar-refractivity contribution in [3.05, 3.63) is 33.9 Å². The molecule has 0 spiro atoms.